The Balaban J connectivity index is 1.77. The van der Waals surface area contributed by atoms with Crippen LogP contribution in [0.25, 0.3) is 0 Å². The summed E-state index contributed by atoms with van der Waals surface area (Å²) in [7, 11) is 0. The van der Waals surface area contributed by atoms with Crippen molar-refractivity contribution < 1.29 is 9.59 Å². The Kier molecular flexibility index (Phi) is 3.50. The number of amides is 2. The summed E-state index contributed by atoms with van der Waals surface area (Å²) in [4.78, 5) is 26.5. The van der Waals surface area contributed by atoms with Crippen LogP contribution in [0.15, 0.2) is 0 Å². The quantitative estimate of drug-likeness (QED) is 0.821. The van der Waals surface area contributed by atoms with Crippen molar-refractivity contribution in [2.24, 2.45) is 11.8 Å². The van der Waals surface area contributed by atoms with E-state index in [9.17, 15) is 9.59 Å². The topological polar surface area (TPSA) is 49.4 Å². The van der Waals surface area contributed by atoms with Crippen LogP contribution >= 0.6 is 0 Å². The third-order valence-corrected chi connectivity index (χ3v) is 4.64. The molecule has 0 bridgehead atoms. The minimum Gasteiger partial charge on any atom is -0.344 e. The second-order valence-corrected chi connectivity index (χ2v) is 6.36. The molecule has 2 saturated carbocycles. The second-order valence-electron chi connectivity index (χ2n) is 6.36. The first-order chi connectivity index (χ1) is 9.20. The van der Waals surface area contributed by atoms with E-state index in [-0.39, 0.29) is 17.9 Å². The molecule has 3 aliphatic rings. The molecule has 0 aromatic rings. The third kappa shape index (κ3) is 2.77. The fourth-order valence-electron chi connectivity index (χ4n) is 3.41. The van der Waals surface area contributed by atoms with E-state index in [4.69, 9.17) is 0 Å². The Hall–Kier alpha value is -1.06. The molecule has 1 aliphatic heterocycles. The molecule has 2 amide bonds. The molecule has 1 N–H and O–H groups in total. The minimum absolute atomic E-state index is 0.0413. The number of carbonyl (C=O) groups is 2. The molecule has 1 saturated heterocycles. The Morgan fingerprint density at radius 3 is 2.37 bits per heavy atom. The van der Waals surface area contributed by atoms with Crippen LogP contribution in [-0.4, -0.2) is 35.3 Å². The normalized spacial score (nSPS) is 28.5. The lowest BCUT2D eigenvalue weighted by Gasteiger charge is -2.33. The van der Waals surface area contributed by atoms with Crippen LogP contribution < -0.4 is 5.32 Å². The van der Waals surface area contributed by atoms with E-state index in [1.54, 1.807) is 0 Å². The molecule has 1 unspecified atom stereocenters. The van der Waals surface area contributed by atoms with Crippen LogP contribution in [0.2, 0.25) is 0 Å². The second kappa shape index (κ2) is 5.14. The SMILES string of the molecule is CCCC1NC(=O)CCN(C(C2CC2)C2CC2)C1=O. The fourth-order valence-corrected chi connectivity index (χ4v) is 3.41. The van der Waals surface area contributed by atoms with E-state index in [0.717, 1.165) is 12.8 Å². The minimum atomic E-state index is -0.278. The molecule has 0 radical (unpaired) electrons. The van der Waals surface area contributed by atoms with E-state index >= 15 is 0 Å². The zero-order valence-corrected chi connectivity index (χ0v) is 11.7. The molecule has 2 aliphatic carbocycles. The molecule has 3 rings (SSSR count). The third-order valence-electron chi connectivity index (χ3n) is 4.64. The van der Waals surface area contributed by atoms with Gasteiger partial charge in [0.25, 0.3) is 0 Å². The van der Waals surface area contributed by atoms with E-state index in [1.807, 2.05) is 0 Å². The lowest BCUT2D eigenvalue weighted by Crippen LogP contribution is -2.49. The van der Waals surface area contributed by atoms with Gasteiger partial charge < -0.3 is 10.2 Å². The van der Waals surface area contributed by atoms with Crippen molar-refractivity contribution in [3.8, 4) is 0 Å². The average molecular weight is 264 g/mol. The van der Waals surface area contributed by atoms with Crippen molar-refractivity contribution in [3.05, 3.63) is 0 Å². The molecule has 19 heavy (non-hydrogen) atoms. The predicted molar refractivity (Wildman–Crippen MR) is 72.4 cm³/mol. The Morgan fingerprint density at radius 2 is 1.84 bits per heavy atom. The van der Waals surface area contributed by atoms with Gasteiger partial charge in [0.05, 0.1) is 0 Å². The zero-order chi connectivity index (χ0) is 13.4. The summed E-state index contributed by atoms with van der Waals surface area (Å²) in [6.45, 7) is 2.69. The molecule has 1 heterocycles. The van der Waals surface area contributed by atoms with Gasteiger partial charge in [-0.1, -0.05) is 13.3 Å². The Labute approximate surface area is 114 Å². The highest BCUT2D eigenvalue weighted by Crippen LogP contribution is 2.47. The van der Waals surface area contributed by atoms with Crippen molar-refractivity contribution in [2.45, 2.75) is 64.0 Å². The van der Waals surface area contributed by atoms with Gasteiger partial charge in [-0.2, -0.15) is 0 Å². The summed E-state index contributed by atoms with van der Waals surface area (Å²) in [6, 6.07) is 0.152. The predicted octanol–water partition coefficient (Wildman–Crippen LogP) is 1.69. The van der Waals surface area contributed by atoms with Gasteiger partial charge in [-0.3, -0.25) is 9.59 Å². The highest BCUT2D eigenvalue weighted by molar-refractivity contribution is 5.90. The van der Waals surface area contributed by atoms with Crippen LogP contribution in [-0.2, 0) is 9.59 Å². The lowest BCUT2D eigenvalue weighted by atomic mass is 10.0. The van der Waals surface area contributed by atoms with Crippen molar-refractivity contribution in [3.63, 3.8) is 0 Å². The van der Waals surface area contributed by atoms with Gasteiger partial charge in [0.2, 0.25) is 11.8 Å². The maximum atomic E-state index is 12.7. The summed E-state index contributed by atoms with van der Waals surface area (Å²) in [5, 5.41) is 2.90. The van der Waals surface area contributed by atoms with Gasteiger partial charge in [-0.05, 0) is 43.9 Å². The maximum Gasteiger partial charge on any atom is 0.245 e. The summed E-state index contributed by atoms with van der Waals surface area (Å²) >= 11 is 0. The smallest absolute Gasteiger partial charge is 0.245 e. The summed E-state index contributed by atoms with van der Waals surface area (Å²) in [5.74, 6) is 1.65. The van der Waals surface area contributed by atoms with E-state index in [0.29, 0.717) is 30.8 Å². The molecule has 4 heteroatoms. The van der Waals surface area contributed by atoms with E-state index < -0.39 is 0 Å². The molecular weight excluding hydrogens is 240 g/mol. The van der Waals surface area contributed by atoms with Crippen molar-refractivity contribution in [1.29, 1.82) is 0 Å². The van der Waals surface area contributed by atoms with Crippen molar-refractivity contribution in [2.75, 3.05) is 6.54 Å². The highest BCUT2D eigenvalue weighted by Gasteiger charge is 2.47. The molecule has 3 fully saturated rings. The number of nitrogens with one attached hydrogen (secondary N) is 1. The molecule has 0 spiro atoms. The summed E-state index contributed by atoms with van der Waals surface area (Å²) in [5.41, 5.74) is 0. The van der Waals surface area contributed by atoms with Gasteiger partial charge >= 0.3 is 0 Å². The summed E-state index contributed by atoms with van der Waals surface area (Å²) in [6.07, 6.45) is 7.25. The van der Waals surface area contributed by atoms with Gasteiger partial charge in [0, 0.05) is 19.0 Å². The fraction of sp³-hybridized carbons (Fsp3) is 0.867. The van der Waals surface area contributed by atoms with Crippen LogP contribution in [0.5, 0.6) is 0 Å². The van der Waals surface area contributed by atoms with Gasteiger partial charge in [0.15, 0.2) is 0 Å². The molecule has 1 atom stereocenters. The first-order valence-corrected chi connectivity index (χ1v) is 7.80. The number of carbonyl (C=O) groups excluding carboxylic acids is 2. The molecule has 106 valence electrons. The number of nitrogens with zero attached hydrogens (tertiary/aromatic N) is 1. The average Bonchev–Trinajstić information content (AvgIpc) is 3.25. The zero-order valence-electron chi connectivity index (χ0n) is 11.7. The standard InChI is InChI=1S/C15H24N2O2/c1-2-3-12-15(19)17(9-8-13(18)16-12)14(10-4-5-10)11-6-7-11/h10-12,14H,2-9H2,1H3,(H,16,18). The van der Waals surface area contributed by atoms with Crippen molar-refractivity contribution >= 4 is 11.8 Å². The molecule has 4 nitrogen and oxygen atoms in total. The maximum absolute atomic E-state index is 12.7. The first kappa shape index (κ1) is 12.9. The van der Waals surface area contributed by atoms with Crippen LogP contribution in [0.3, 0.4) is 0 Å². The lowest BCUT2D eigenvalue weighted by molar-refractivity contribution is -0.136. The van der Waals surface area contributed by atoms with Crippen LogP contribution in [0, 0.1) is 11.8 Å². The monoisotopic (exact) mass is 264 g/mol. The van der Waals surface area contributed by atoms with Gasteiger partial charge in [-0.15, -0.1) is 0 Å². The Bertz CT molecular complexity index is 362. The van der Waals surface area contributed by atoms with Crippen LogP contribution in [0.1, 0.15) is 51.9 Å². The largest absolute Gasteiger partial charge is 0.344 e. The van der Waals surface area contributed by atoms with E-state index in [2.05, 4.69) is 17.1 Å². The molecule has 0 aromatic carbocycles. The Morgan fingerprint density at radius 1 is 1.21 bits per heavy atom. The number of rotatable bonds is 5. The van der Waals surface area contributed by atoms with Gasteiger partial charge in [0.1, 0.15) is 6.04 Å². The van der Waals surface area contributed by atoms with Crippen molar-refractivity contribution in [1.82, 2.24) is 10.2 Å². The number of hydrogen-bond donors (Lipinski definition) is 1. The molecule has 0 aromatic heterocycles. The highest BCUT2D eigenvalue weighted by atomic mass is 16.2. The molecular formula is C15H24N2O2. The number of hydrogen-bond acceptors (Lipinski definition) is 2. The van der Waals surface area contributed by atoms with Gasteiger partial charge in [-0.25, -0.2) is 0 Å². The van der Waals surface area contributed by atoms with Crippen LogP contribution in [0.4, 0.5) is 0 Å². The summed E-state index contributed by atoms with van der Waals surface area (Å²) < 4.78 is 0. The first-order valence-electron chi connectivity index (χ1n) is 7.80. The van der Waals surface area contributed by atoms with E-state index in [1.165, 1.54) is 25.7 Å².